The summed E-state index contributed by atoms with van der Waals surface area (Å²) in [6, 6.07) is 12.0. The van der Waals surface area contributed by atoms with Crippen molar-refractivity contribution in [2.24, 2.45) is 13.0 Å². The van der Waals surface area contributed by atoms with Gasteiger partial charge in [0.15, 0.2) is 0 Å². The molecule has 1 atom stereocenters. The molecule has 0 radical (unpaired) electrons. The maximum absolute atomic E-state index is 14.4. The van der Waals surface area contributed by atoms with Crippen LogP contribution < -0.4 is 9.46 Å². The fourth-order valence-electron chi connectivity index (χ4n) is 8.71. The number of likely N-dealkylation sites (N-methyl/N-ethyl adjacent to an activating group) is 1. The van der Waals surface area contributed by atoms with Crippen LogP contribution in [0.1, 0.15) is 102 Å². The van der Waals surface area contributed by atoms with Crippen molar-refractivity contribution in [1.29, 1.82) is 0 Å². The van der Waals surface area contributed by atoms with E-state index in [4.69, 9.17) is 4.74 Å². The Bertz CT molecular complexity index is 2190. The lowest BCUT2D eigenvalue weighted by Crippen LogP contribution is -2.47. The molecule has 2 fully saturated rings. The lowest BCUT2D eigenvalue weighted by molar-refractivity contribution is 0.0634. The number of methoxy groups -OCH3 is 1. The summed E-state index contributed by atoms with van der Waals surface area (Å²) in [6.45, 7) is 5.39. The smallest absolute Gasteiger partial charge is 0.264 e. The maximum Gasteiger partial charge on any atom is 0.264 e. The number of hydrogen-bond donors (Lipinski definition) is 1. The fraction of sp³-hybridized carbons (Fsp3) is 0.488. The molecule has 4 aromatic rings. The third-order valence-electron chi connectivity index (χ3n) is 11.2. The van der Waals surface area contributed by atoms with E-state index in [1.807, 2.05) is 44.0 Å². The lowest BCUT2D eigenvalue weighted by atomic mass is 9.81. The highest BCUT2D eigenvalue weighted by Gasteiger charge is 2.33. The SMILES string of the molecule is COc1ccc2c(c1)C=C(c1c(C(=O)N3CCCC(N(C)C)C3)cnn1C)Cn1c-2c(C2CCCCC2)c2ccc(C(=O)NS(=O)(=O)CC(C)C)cc21. The molecule has 2 amide bonds. The van der Waals surface area contributed by atoms with E-state index in [0.29, 0.717) is 37.2 Å². The van der Waals surface area contributed by atoms with E-state index in [-0.39, 0.29) is 23.1 Å². The summed E-state index contributed by atoms with van der Waals surface area (Å²) in [7, 11) is 3.87. The normalized spacial score (nSPS) is 18.2. The zero-order valence-corrected chi connectivity index (χ0v) is 32.6. The Morgan fingerprint density at radius 2 is 1.79 bits per heavy atom. The minimum atomic E-state index is -3.81. The van der Waals surface area contributed by atoms with Crippen LogP contribution in [0.15, 0.2) is 42.6 Å². The largest absolute Gasteiger partial charge is 0.497 e. The average molecular weight is 741 g/mol. The van der Waals surface area contributed by atoms with Crippen molar-refractivity contribution in [2.45, 2.75) is 77.3 Å². The number of nitrogens with one attached hydrogen (secondary N) is 1. The van der Waals surface area contributed by atoms with E-state index in [9.17, 15) is 18.0 Å². The fourth-order valence-corrected chi connectivity index (χ4v) is 10.1. The van der Waals surface area contributed by atoms with Crippen LogP contribution in [0, 0.1) is 5.92 Å². The molecule has 2 aromatic heterocycles. The van der Waals surface area contributed by atoms with Crippen molar-refractivity contribution < 1.29 is 22.7 Å². The van der Waals surface area contributed by atoms with Crippen LogP contribution in [-0.2, 0) is 23.6 Å². The number of carbonyl (C=O) groups is 2. The van der Waals surface area contributed by atoms with E-state index < -0.39 is 15.9 Å². The summed E-state index contributed by atoms with van der Waals surface area (Å²) >= 11 is 0. The van der Waals surface area contributed by atoms with Crippen molar-refractivity contribution >= 4 is 44.4 Å². The number of carbonyl (C=O) groups excluding carboxylic acids is 2. The topological polar surface area (TPSA) is 119 Å². The number of sulfonamides is 1. The molecule has 2 aliphatic heterocycles. The minimum absolute atomic E-state index is 0.0299. The predicted molar refractivity (Wildman–Crippen MR) is 210 cm³/mol. The Hall–Kier alpha value is -4.42. The molecule has 11 nitrogen and oxygen atoms in total. The molecule has 1 aliphatic carbocycles. The molecule has 1 saturated heterocycles. The molecular formula is C41H52N6O5S. The first-order valence-electron chi connectivity index (χ1n) is 18.9. The first-order valence-corrected chi connectivity index (χ1v) is 20.6. The number of rotatable bonds is 9. The minimum Gasteiger partial charge on any atom is -0.497 e. The van der Waals surface area contributed by atoms with Crippen LogP contribution in [0.2, 0.25) is 0 Å². The van der Waals surface area contributed by atoms with Crippen LogP contribution in [0.3, 0.4) is 0 Å². The molecular weight excluding hydrogens is 689 g/mol. The molecule has 0 spiro atoms. The zero-order chi connectivity index (χ0) is 37.6. The van der Waals surface area contributed by atoms with Crippen LogP contribution in [-0.4, -0.2) is 90.5 Å². The summed E-state index contributed by atoms with van der Waals surface area (Å²) in [5, 5.41) is 5.70. The molecule has 4 heterocycles. The second-order valence-corrected chi connectivity index (χ2v) is 17.5. The molecule has 53 heavy (non-hydrogen) atoms. The van der Waals surface area contributed by atoms with E-state index in [1.54, 1.807) is 24.1 Å². The number of aryl methyl sites for hydroxylation is 1. The van der Waals surface area contributed by atoms with Crippen molar-refractivity contribution in [3.05, 3.63) is 70.5 Å². The van der Waals surface area contributed by atoms with Gasteiger partial charge in [-0.15, -0.1) is 0 Å². The number of ether oxygens (including phenoxy) is 1. The van der Waals surface area contributed by atoms with Gasteiger partial charge in [-0.2, -0.15) is 5.10 Å². The van der Waals surface area contributed by atoms with Crippen molar-refractivity contribution in [1.82, 2.24) is 28.9 Å². The van der Waals surface area contributed by atoms with Crippen LogP contribution >= 0.6 is 0 Å². The van der Waals surface area contributed by atoms with Crippen LogP contribution in [0.5, 0.6) is 5.75 Å². The van der Waals surface area contributed by atoms with Gasteiger partial charge in [-0.1, -0.05) is 39.2 Å². The number of allylic oxidation sites excluding steroid dienone is 1. The van der Waals surface area contributed by atoms with Gasteiger partial charge in [0, 0.05) is 48.2 Å². The summed E-state index contributed by atoms with van der Waals surface area (Å²) < 4.78 is 37.8. The van der Waals surface area contributed by atoms with Gasteiger partial charge < -0.3 is 19.1 Å². The second-order valence-electron chi connectivity index (χ2n) is 15.7. The van der Waals surface area contributed by atoms with Crippen molar-refractivity contribution in [3.8, 4) is 17.0 Å². The molecule has 7 rings (SSSR count). The third kappa shape index (κ3) is 7.27. The van der Waals surface area contributed by atoms with Gasteiger partial charge in [0.05, 0.1) is 42.6 Å². The average Bonchev–Trinajstić information content (AvgIpc) is 3.62. The number of aromatic nitrogens is 3. The number of likely N-dealkylation sites (tertiary alicyclic amines) is 1. The highest BCUT2D eigenvalue weighted by Crippen LogP contribution is 2.48. The second kappa shape index (κ2) is 14.8. The Morgan fingerprint density at radius 1 is 1.02 bits per heavy atom. The lowest BCUT2D eigenvalue weighted by Gasteiger charge is -2.36. The quantitative estimate of drug-likeness (QED) is 0.207. The standard InChI is InChI=1S/C41H52N6O5S/c1-26(2)25-53(50,51)43-40(48)28-14-16-34-36(21-28)47-23-30(38-35(22-42-45(38)5)41(49)46-18-10-13-31(24-46)44(3)4)19-29-20-32(52-6)15-17-33(29)39(47)37(34)27-11-8-7-9-12-27/h14-17,19-22,26-27,31H,7-13,18,23-25H2,1-6H3,(H,43,48). The van der Waals surface area contributed by atoms with Gasteiger partial charge >= 0.3 is 0 Å². The first-order chi connectivity index (χ1) is 25.3. The molecule has 1 saturated carbocycles. The van der Waals surface area contributed by atoms with Gasteiger partial charge in [0.1, 0.15) is 5.75 Å². The molecule has 282 valence electrons. The maximum atomic E-state index is 14.4. The molecule has 1 unspecified atom stereocenters. The van der Waals surface area contributed by atoms with Gasteiger partial charge in [-0.05, 0) is 105 Å². The molecule has 1 N–H and O–H groups in total. The van der Waals surface area contributed by atoms with Gasteiger partial charge in [-0.3, -0.25) is 14.3 Å². The predicted octanol–water partition coefficient (Wildman–Crippen LogP) is 6.53. The Labute approximate surface area is 313 Å². The van der Waals surface area contributed by atoms with Crippen molar-refractivity contribution in [2.75, 3.05) is 40.0 Å². The highest BCUT2D eigenvalue weighted by molar-refractivity contribution is 7.90. The number of benzene rings is 2. The zero-order valence-electron chi connectivity index (χ0n) is 31.8. The summed E-state index contributed by atoms with van der Waals surface area (Å²) in [6.07, 6.45) is 11.5. The van der Waals surface area contributed by atoms with Crippen LogP contribution in [0.4, 0.5) is 0 Å². The third-order valence-corrected chi connectivity index (χ3v) is 12.8. The monoisotopic (exact) mass is 740 g/mol. The number of hydrogen-bond acceptors (Lipinski definition) is 7. The van der Waals surface area contributed by atoms with Crippen LogP contribution in [0.25, 0.3) is 33.8 Å². The number of amides is 2. The number of piperidine rings is 1. The van der Waals surface area contributed by atoms with E-state index in [2.05, 4.69) is 51.6 Å². The Balaban J connectivity index is 1.41. The molecule has 0 bridgehead atoms. The Kier molecular flexibility index (Phi) is 10.3. The van der Waals surface area contributed by atoms with Gasteiger partial charge in [0.2, 0.25) is 10.0 Å². The first kappa shape index (κ1) is 36.9. The van der Waals surface area contributed by atoms with Crippen molar-refractivity contribution in [3.63, 3.8) is 0 Å². The molecule has 12 heteroatoms. The highest BCUT2D eigenvalue weighted by atomic mass is 32.2. The molecule has 3 aliphatic rings. The van der Waals surface area contributed by atoms with E-state index in [0.717, 1.165) is 83.3 Å². The van der Waals surface area contributed by atoms with Gasteiger partial charge in [-0.25, -0.2) is 13.1 Å². The number of nitrogens with zero attached hydrogens (tertiary/aromatic N) is 5. The molecule has 2 aromatic carbocycles. The van der Waals surface area contributed by atoms with Gasteiger partial charge in [0.25, 0.3) is 11.8 Å². The summed E-state index contributed by atoms with van der Waals surface area (Å²) in [5.74, 6) is 0.114. The number of fused-ring (bicyclic) bond motifs is 5. The van der Waals surface area contributed by atoms with E-state index in [1.165, 1.54) is 12.0 Å². The van der Waals surface area contributed by atoms with E-state index >= 15 is 0 Å². The Morgan fingerprint density at radius 3 is 2.51 bits per heavy atom. The summed E-state index contributed by atoms with van der Waals surface area (Å²) in [4.78, 5) is 32.1. The summed E-state index contributed by atoms with van der Waals surface area (Å²) in [5.41, 5.74) is 7.70.